The molecule has 0 saturated carbocycles. The Labute approximate surface area is 82.3 Å². The Hall–Kier alpha value is -0.0800. The first-order valence-electron chi connectivity index (χ1n) is 5.28. The highest BCUT2D eigenvalue weighted by Gasteiger charge is 2.29. The van der Waals surface area contributed by atoms with Crippen LogP contribution >= 0.6 is 0 Å². The fourth-order valence-corrected chi connectivity index (χ4v) is 1.46. The second-order valence-electron chi connectivity index (χ2n) is 4.15. The van der Waals surface area contributed by atoms with Crippen molar-refractivity contribution >= 4 is 0 Å². The second kappa shape index (κ2) is 6.39. The largest absolute Gasteiger partial charge is 0.387 e. The molecule has 0 bridgehead atoms. The minimum Gasteiger partial charge on any atom is -0.387 e. The summed E-state index contributed by atoms with van der Waals surface area (Å²) in [6, 6.07) is 0. The van der Waals surface area contributed by atoms with Crippen LogP contribution in [0.15, 0.2) is 0 Å². The van der Waals surface area contributed by atoms with Gasteiger partial charge in [-0.3, -0.25) is 0 Å². The molecule has 0 rings (SSSR count). The lowest BCUT2D eigenvalue weighted by Gasteiger charge is -2.31. The predicted octanol–water partition coefficient (Wildman–Crippen LogP) is 2.60. The van der Waals surface area contributed by atoms with Crippen LogP contribution in [-0.4, -0.2) is 24.4 Å². The monoisotopic (exact) mass is 188 g/mol. The lowest BCUT2D eigenvalue weighted by Crippen LogP contribution is -2.39. The highest BCUT2D eigenvalue weighted by Crippen LogP contribution is 2.24. The zero-order chi connectivity index (χ0) is 10.3. The van der Waals surface area contributed by atoms with Crippen molar-refractivity contribution in [3.05, 3.63) is 0 Å². The summed E-state index contributed by atoms with van der Waals surface area (Å²) in [4.78, 5) is 0. The van der Waals surface area contributed by atoms with Gasteiger partial charge in [0.1, 0.15) is 0 Å². The smallest absolute Gasteiger partial charge is 0.0902 e. The minimum atomic E-state index is -0.621. The van der Waals surface area contributed by atoms with Crippen molar-refractivity contribution in [3.63, 3.8) is 0 Å². The van der Waals surface area contributed by atoms with Crippen LogP contribution in [0.2, 0.25) is 0 Å². The van der Waals surface area contributed by atoms with E-state index in [4.69, 9.17) is 4.74 Å². The fourth-order valence-electron chi connectivity index (χ4n) is 1.46. The van der Waals surface area contributed by atoms with Crippen LogP contribution in [0.5, 0.6) is 0 Å². The number of unbranched alkanes of at least 4 members (excludes halogenated alkanes) is 2. The molecule has 1 unspecified atom stereocenters. The predicted molar refractivity (Wildman–Crippen MR) is 55.8 cm³/mol. The summed E-state index contributed by atoms with van der Waals surface area (Å²) in [5, 5.41) is 10.2. The molecule has 0 aliphatic carbocycles. The standard InChI is InChI=1S/C11H24O2/c1-5-6-7-8-11(12,9-13-4)10(2)3/h10,12H,5-9H2,1-4H3. The lowest BCUT2D eigenvalue weighted by atomic mass is 9.86. The summed E-state index contributed by atoms with van der Waals surface area (Å²) in [6.07, 6.45) is 4.33. The van der Waals surface area contributed by atoms with Gasteiger partial charge in [0.15, 0.2) is 0 Å². The first-order chi connectivity index (χ1) is 6.06. The van der Waals surface area contributed by atoms with Crippen molar-refractivity contribution < 1.29 is 9.84 Å². The van der Waals surface area contributed by atoms with Gasteiger partial charge in [0.05, 0.1) is 12.2 Å². The molecule has 1 N–H and O–H groups in total. The van der Waals surface area contributed by atoms with Crippen LogP contribution in [0.25, 0.3) is 0 Å². The maximum atomic E-state index is 10.2. The summed E-state index contributed by atoms with van der Waals surface area (Å²) in [5.41, 5.74) is -0.621. The Morgan fingerprint density at radius 3 is 2.31 bits per heavy atom. The van der Waals surface area contributed by atoms with E-state index in [0.29, 0.717) is 6.61 Å². The van der Waals surface area contributed by atoms with Crippen molar-refractivity contribution in [2.24, 2.45) is 5.92 Å². The van der Waals surface area contributed by atoms with Crippen LogP contribution in [0.4, 0.5) is 0 Å². The molecule has 0 fully saturated rings. The van der Waals surface area contributed by atoms with Crippen molar-refractivity contribution in [2.45, 2.75) is 52.1 Å². The number of hydrogen-bond donors (Lipinski definition) is 1. The van der Waals surface area contributed by atoms with Crippen LogP contribution in [-0.2, 0) is 4.74 Å². The Morgan fingerprint density at radius 2 is 1.92 bits per heavy atom. The Bertz CT molecular complexity index is 123. The summed E-state index contributed by atoms with van der Waals surface area (Å²) in [7, 11) is 1.65. The van der Waals surface area contributed by atoms with Crippen molar-refractivity contribution in [2.75, 3.05) is 13.7 Å². The van der Waals surface area contributed by atoms with Crippen LogP contribution in [0, 0.1) is 5.92 Å². The van der Waals surface area contributed by atoms with E-state index in [1.807, 2.05) is 13.8 Å². The number of rotatable bonds is 7. The third kappa shape index (κ3) is 4.63. The summed E-state index contributed by atoms with van der Waals surface area (Å²) < 4.78 is 5.05. The maximum absolute atomic E-state index is 10.2. The Kier molecular flexibility index (Phi) is 6.35. The first kappa shape index (κ1) is 12.9. The number of methoxy groups -OCH3 is 1. The molecule has 0 aliphatic heterocycles. The first-order valence-corrected chi connectivity index (χ1v) is 5.28. The van der Waals surface area contributed by atoms with E-state index in [1.165, 1.54) is 12.8 Å². The molecule has 0 aromatic rings. The molecule has 2 nitrogen and oxygen atoms in total. The van der Waals surface area contributed by atoms with E-state index >= 15 is 0 Å². The quantitative estimate of drug-likeness (QED) is 0.622. The van der Waals surface area contributed by atoms with E-state index in [2.05, 4.69) is 6.92 Å². The molecular formula is C11H24O2. The van der Waals surface area contributed by atoms with E-state index in [1.54, 1.807) is 7.11 Å². The molecule has 0 saturated heterocycles. The molecule has 0 aromatic heterocycles. The molecular weight excluding hydrogens is 164 g/mol. The lowest BCUT2D eigenvalue weighted by molar-refractivity contribution is -0.0713. The molecule has 13 heavy (non-hydrogen) atoms. The van der Waals surface area contributed by atoms with Crippen molar-refractivity contribution in [1.29, 1.82) is 0 Å². The van der Waals surface area contributed by atoms with Crippen LogP contribution in [0.1, 0.15) is 46.5 Å². The number of ether oxygens (including phenoxy) is 1. The third-order valence-electron chi connectivity index (χ3n) is 2.68. The SMILES string of the molecule is CCCCCC(O)(COC)C(C)C. The van der Waals surface area contributed by atoms with E-state index in [0.717, 1.165) is 12.8 Å². The van der Waals surface area contributed by atoms with Crippen LogP contribution in [0.3, 0.4) is 0 Å². The molecule has 2 heteroatoms. The Balaban J connectivity index is 3.92. The van der Waals surface area contributed by atoms with Crippen LogP contribution < -0.4 is 0 Å². The average molecular weight is 188 g/mol. The zero-order valence-corrected chi connectivity index (χ0v) is 9.47. The van der Waals surface area contributed by atoms with E-state index < -0.39 is 5.60 Å². The highest BCUT2D eigenvalue weighted by molar-refractivity contribution is 4.81. The summed E-state index contributed by atoms with van der Waals surface area (Å²) >= 11 is 0. The zero-order valence-electron chi connectivity index (χ0n) is 9.47. The van der Waals surface area contributed by atoms with Gasteiger partial charge in [-0.05, 0) is 12.3 Å². The molecule has 0 aliphatic rings. The summed E-state index contributed by atoms with van der Waals surface area (Å²) in [6.45, 7) is 6.72. The molecule has 0 radical (unpaired) electrons. The molecule has 0 amide bonds. The second-order valence-corrected chi connectivity index (χ2v) is 4.15. The number of aliphatic hydroxyl groups is 1. The van der Waals surface area contributed by atoms with Gasteiger partial charge in [-0.1, -0.05) is 40.0 Å². The van der Waals surface area contributed by atoms with Crippen molar-refractivity contribution in [3.8, 4) is 0 Å². The van der Waals surface area contributed by atoms with E-state index in [-0.39, 0.29) is 5.92 Å². The van der Waals surface area contributed by atoms with Gasteiger partial charge >= 0.3 is 0 Å². The van der Waals surface area contributed by atoms with E-state index in [9.17, 15) is 5.11 Å². The van der Waals surface area contributed by atoms with Gasteiger partial charge in [0.25, 0.3) is 0 Å². The molecule has 0 spiro atoms. The van der Waals surface area contributed by atoms with Gasteiger partial charge < -0.3 is 9.84 Å². The van der Waals surface area contributed by atoms with Gasteiger partial charge in [0, 0.05) is 7.11 Å². The van der Waals surface area contributed by atoms with Gasteiger partial charge in [0.2, 0.25) is 0 Å². The van der Waals surface area contributed by atoms with Gasteiger partial charge in [-0.25, -0.2) is 0 Å². The summed E-state index contributed by atoms with van der Waals surface area (Å²) in [5.74, 6) is 0.268. The van der Waals surface area contributed by atoms with Gasteiger partial charge in [-0.2, -0.15) is 0 Å². The van der Waals surface area contributed by atoms with Gasteiger partial charge in [-0.15, -0.1) is 0 Å². The average Bonchev–Trinajstić information content (AvgIpc) is 2.05. The third-order valence-corrected chi connectivity index (χ3v) is 2.68. The molecule has 0 heterocycles. The molecule has 1 atom stereocenters. The topological polar surface area (TPSA) is 29.5 Å². The molecule has 0 aromatic carbocycles. The van der Waals surface area contributed by atoms with Crippen molar-refractivity contribution in [1.82, 2.24) is 0 Å². The number of hydrogen-bond acceptors (Lipinski definition) is 2. The highest BCUT2D eigenvalue weighted by atomic mass is 16.5. The fraction of sp³-hybridized carbons (Fsp3) is 1.00. The normalized spacial score (nSPS) is 16.2. The Morgan fingerprint density at radius 1 is 1.31 bits per heavy atom. The minimum absolute atomic E-state index is 0.268. The molecule has 80 valence electrons. The maximum Gasteiger partial charge on any atom is 0.0902 e.